The molecule has 0 radical (unpaired) electrons. The smallest absolute Gasteiger partial charge is 0.255 e. The van der Waals surface area contributed by atoms with Crippen LogP contribution in [0, 0.1) is 6.92 Å². The van der Waals surface area contributed by atoms with Crippen molar-refractivity contribution in [2.75, 3.05) is 0 Å². The monoisotopic (exact) mass is 185 g/mol. The van der Waals surface area contributed by atoms with Gasteiger partial charge in [-0.3, -0.25) is 9.36 Å². The van der Waals surface area contributed by atoms with Gasteiger partial charge in [0.25, 0.3) is 5.56 Å². The van der Waals surface area contributed by atoms with E-state index >= 15 is 0 Å². The van der Waals surface area contributed by atoms with Crippen molar-refractivity contribution in [1.82, 2.24) is 4.57 Å². The van der Waals surface area contributed by atoms with Crippen molar-refractivity contribution < 1.29 is 0 Å². The van der Waals surface area contributed by atoms with E-state index in [1.165, 1.54) is 0 Å². The van der Waals surface area contributed by atoms with Crippen LogP contribution >= 0.6 is 0 Å². The molecule has 0 aliphatic carbocycles. The Hall–Kier alpha value is -1.83. The van der Waals surface area contributed by atoms with Crippen LogP contribution in [0.1, 0.15) is 5.69 Å². The largest absolute Gasteiger partial charge is 0.282 e. The van der Waals surface area contributed by atoms with E-state index in [1.807, 2.05) is 43.3 Å². The Morgan fingerprint density at radius 1 is 0.929 bits per heavy atom. The normalized spacial score (nSPS) is 10.1. The molecule has 0 spiro atoms. The van der Waals surface area contributed by atoms with Crippen LogP contribution < -0.4 is 5.56 Å². The lowest BCUT2D eigenvalue weighted by molar-refractivity contribution is 0.935. The van der Waals surface area contributed by atoms with Gasteiger partial charge in [0.15, 0.2) is 0 Å². The molecule has 0 fully saturated rings. The van der Waals surface area contributed by atoms with Gasteiger partial charge < -0.3 is 0 Å². The molecule has 1 aromatic carbocycles. The van der Waals surface area contributed by atoms with Gasteiger partial charge in [-0.1, -0.05) is 24.3 Å². The molecule has 70 valence electrons. The van der Waals surface area contributed by atoms with E-state index < -0.39 is 0 Å². The first kappa shape index (κ1) is 8.75. The second kappa shape index (κ2) is 3.50. The van der Waals surface area contributed by atoms with E-state index in [0.717, 1.165) is 11.4 Å². The lowest BCUT2D eigenvalue weighted by Gasteiger charge is -2.08. The highest BCUT2D eigenvalue weighted by atomic mass is 16.1. The van der Waals surface area contributed by atoms with Crippen LogP contribution in [0.2, 0.25) is 0 Å². The topological polar surface area (TPSA) is 22.0 Å². The van der Waals surface area contributed by atoms with Gasteiger partial charge in [0.05, 0.1) is 0 Å². The van der Waals surface area contributed by atoms with E-state index in [1.54, 1.807) is 16.7 Å². The fourth-order valence-electron chi connectivity index (χ4n) is 1.50. The summed E-state index contributed by atoms with van der Waals surface area (Å²) >= 11 is 0. The minimum absolute atomic E-state index is 0.0104. The SMILES string of the molecule is Cc1cccc(=O)n1-c1ccccc1. The van der Waals surface area contributed by atoms with Crippen molar-refractivity contribution in [2.24, 2.45) is 0 Å². The third-order valence-corrected chi connectivity index (χ3v) is 2.16. The van der Waals surface area contributed by atoms with E-state index in [9.17, 15) is 4.79 Å². The summed E-state index contributed by atoms with van der Waals surface area (Å²) in [5.41, 5.74) is 1.87. The highest BCUT2D eigenvalue weighted by molar-refractivity contribution is 5.33. The average Bonchev–Trinajstić information content (AvgIpc) is 2.19. The van der Waals surface area contributed by atoms with Crippen LogP contribution in [0.3, 0.4) is 0 Å². The van der Waals surface area contributed by atoms with Crippen LogP contribution in [0.15, 0.2) is 53.3 Å². The zero-order valence-electron chi connectivity index (χ0n) is 7.97. The van der Waals surface area contributed by atoms with E-state index in [4.69, 9.17) is 0 Å². The maximum Gasteiger partial charge on any atom is 0.255 e. The standard InChI is InChI=1S/C12H11NO/c1-10-6-5-9-12(14)13(10)11-7-3-2-4-8-11/h2-9H,1H3. The molecular formula is C12H11NO. The summed E-state index contributed by atoms with van der Waals surface area (Å²) in [6.45, 7) is 1.92. The summed E-state index contributed by atoms with van der Waals surface area (Å²) in [6.07, 6.45) is 0. The molecule has 0 N–H and O–H groups in total. The zero-order valence-corrected chi connectivity index (χ0v) is 7.97. The van der Waals surface area contributed by atoms with Gasteiger partial charge in [-0.25, -0.2) is 0 Å². The number of rotatable bonds is 1. The Balaban J connectivity index is 2.69. The summed E-state index contributed by atoms with van der Waals surface area (Å²) in [7, 11) is 0. The molecule has 0 aliphatic heterocycles. The van der Waals surface area contributed by atoms with Crippen LogP contribution in [-0.2, 0) is 0 Å². The zero-order chi connectivity index (χ0) is 9.97. The first-order valence-electron chi connectivity index (χ1n) is 4.53. The van der Waals surface area contributed by atoms with Gasteiger partial charge in [-0.05, 0) is 25.1 Å². The quantitative estimate of drug-likeness (QED) is 0.667. The van der Waals surface area contributed by atoms with Crippen LogP contribution in [0.5, 0.6) is 0 Å². The van der Waals surface area contributed by atoms with Gasteiger partial charge >= 0.3 is 0 Å². The molecule has 0 aliphatic rings. The van der Waals surface area contributed by atoms with Crippen molar-refractivity contribution in [3.63, 3.8) is 0 Å². The molecule has 2 heteroatoms. The molecule has 1 heterocycles. The van der Waals surface area contributed by atoms with E-state index in [0.29, 0.717) is 0 Å². The second-order valence-corrected chi connectivity index (χ2v) is 3.18. The molecular weight excluding hydrogens is 174 g/mol. The minimum atomic E-state index is 0.0104. The van der Waals surface area contributed by atoms with Crippen molar-refractivity contribution in [1.29, 1.82) is 0 Å². The van der Waals surface area contributed by atoms with Crippen molar-refractivity contribution in [3.05, 3.63) is 64.6 Å². The Labute approximate surface area is 82.4 Å². The van der Waals surface area contributed by atoms with Crippen LogP contribution in [0.25, 0.3) is 5.69 Å². The Morgan fingerprint density at radius 3 is 2.29 bits per heavy atom. The number of para-hydroxylation sites is 1. The molecule has 0 unspecified atom stereocenters. The number of aromatic nitrogens is 1. The molecule has 0 atom stereocenters. The Morgan fingerprint density at radius 2 is 1.64 bits per heavy atom. The molecule has 0 bridgehead atoms. The molecule has 0 saturated heterocycles. The average molecular weight is 185 g/mol. The van der Waals surface area contributed by atoms with Crippen LogP contribution in [0.4, 0.5) is 0 Å². The Kier molecular flexibility index (Phi) is 2.19. The van der Waals surface area contributed by atoms with E-state index in [2.05, 4.69) is 0 Å². The highest BCUT2D eigenvalue weighted by Crippen LogP contribution is 2.06. The summed E-state index contributed by atoms with van der Waals surface area (Å²) in [5, 5.41) is 0. The maximum absolute atomic E-state index is 11.6. The fraction of sp³-hybridized carbons (Fsp3) is 0.0833. The van der Waals surface area contributed by atoms with Gasteiger partial charge in [-0.2, -0.15) is 0 Å². The molecule has 2 aromatic rings. The first-order chi connectivity index (χ1) is 6.79. The molecule has 2 rings (SSSR count). The number of hydrogen-bond donors (Lipinski definition) is 0. The number of benzene rings is 1. The number of aryl methyl sites for hydroxylation is 1. The number of hydrogen-bond acceptors (Lipinski definition) is 1. The summed E-state index contributed by atoms with van der Waals surface area (Å²) < 4.78 is 1.69. The van der Waals surface area contributed by atoms with Crippen molar-refractivity contribution in [3.8, 4) is 5.69 Å². The second-order valence-electron chi connectivity index (χ2n) is 3.18. The maximum atomic E-state index is 11.6. The molecule has 0 amide bonds. The highest BCUT2D eigenvalue weighted by Gasteiger charge is 2.00. The summed E-state index contributed by atoms with van der Waals surface area (Å²) in [6, 6.07) is 14.9. The molecule has 0 saturated carbocycles. The van der Waals surface area contributed by atoms with Gasteiger partial charge in [-0.15, -0.1) is 0 Å². The van der Waals surface area contributed by atoms with Gasteiger partial charge in [0.1, 0.15) is 0 Å². The van der Waals surface area contributed by atoms with Gasteiger partial charge in [0.2, 0.25) is 0 Å². The lowest BCUT2D eigenvalue weighted by atomic mass is 10.3. The number of pyridine rings is 1. The van der Waals surface area contributed by atoms with Crippen molar-refractivity contribution in [2.45, 2.75) is 6.92 Å². The predicted octanol–water partition coefficient (Wildman–Crippen LogP) is 2.15. The summed E-state index contributed by atoms with van der Waals surface area (Å²) in [5.74, 6) is 0. The predicted molar refractivity (Wildman–Crippen MR) is 56.8 cm³/mol. The number of nitrogens with zero attached hydrogens (tertiary/aromatic N) is 1. The van der Waals surface area contributed by atoms with E-state index in [-0.39, 0.29) is 5.56 Å². The first-order valence-corrected chi connectivity index (χ1v) is 4.53. The molecule has 2 nitrogen and oxygen atoms in total. The third-order valence-electron chi connectivity index (χ3n) is 2.16. The molecule has 1 aromatic heterocycles. The third kappa shape index (κ3) is 1.46. The summed E-state index contributed by atoms with van der Waals surface area (Å²) in [4.78, 5) is 11.6. The van der Waals surface area contributed by atoms with Crippen molar-refractivity contribution >= 4 is 0 Å². The lowest BCUT2D eigenvalue weighted by Crippen LogP contribution is -2.18. The minimum Gasteiger partial charge on any atom is -0.282 e. The van der Waals surface area contributed by atoms with Gasteiger partial charge in [0, 0.05) is 17.4 Å². The molecule has 14 heavy (non-hydrogen) atoms. The van der Waals surface area contributed by atoms with Crippen LogP contribution in [-0.4, -0.2) is 4.57 Å². The fourth-order valence-corrected chi connectivity index (χ4v) is 1.50. The Bertz CT molecular complexity index is 485.